The highest BCUT2D eigenvalue weighted by atomic mass is 15.3. The fourth-order valence-corrected chi connectivity index (χ4v) is 6.75. The summed E-state index contributed by atoms with van der Waals surface area (Å²) >= 11 is 0. The molecular formula is C33H60N6. The standard InChI is InChI=1S/C33H60N6/c1-7-28(4)37-16-10-34(11-17-37)25-31-22-32(26-35-12-18-38(19-13-35)29(5)8-2)24-33(23-31)27-36-14-20-39(21-15-36)30(6)9-3/h22-24,28-30H,7-21,25-27H2,1-6H3. The summed E-state index contributed by atoms with van der Waals surface area (Å²) in [4.78, 5) is 16.1. The van der Waals surface area contributed by atoms with Crippen LogP contribution >= 0.6 is 0 Å². The van der Waals surface area contributed by atoms with Crippen LogP contribution in [0, 0.1) is 0 Å². The molecule has 0 amide bonds. The second-order valence-corrected chi connectivity index (χ2v) is 12.9. The Balaban J connectivity index is 1.40. The Bertz CT molecular complexity index is 715. The van der Waals surface area contributed by atoms with Crippen LogP contribution in [0.4, 0.5) is 0 Å². The van der Waals surface area contributed by atoms with Crippen molar-refractivity contribution < 1.29 is 0 Å². The van der Waals surface area contributed by atoms with E-state index in [4.69, 9.17) is 0 Å². The molecule has 222 valence electrons. The van der Waals surface area contributed by atoms with Gasteiger partial charge in [-0.1, -0.05) is 39.0 Å². The van der Waals surface area contributed by atoms with Gasteiger partial charge in [0.2, 0.25) is 0 Å². The minimum Gasteiger partial charge on any atom is -0.298 e. The zero-order chi connectivity index (χ0) is 27.8. The predicted octanol–water partition coefficient (Wildman–Crippen LogP) is 4.43. The lowest BCUT2D eigenvalue weighted by atomic mass is 10.0. The van der Waals surface area contributed by atoms with Crippen LogP contribution < -0.4 is 0 Å². The molecule has 0 aromatic heterocycles. The van der Waals surface area contributed by atoms with Gasteiger partial charge < -0.3 is 0 Å². The van der Waals surface area contributed by atoms with Crippen molar-refractivity contribution >= 4 is 0 Å². The summed E-state index contributed by atoms with van der Waals surface area (Å²) in [5.74, 6) is 0. The molecule has 0 spiro atoms. The molecule has 0 bridgehead atoms. The molecule has 0 radical (unpaired) electrons. The molecule has 3 aliphatic heterocycles. The second kappa shape index (κ2) is 15.3. The topological polar surface area (TPSA) is 19.4 Å². The van der Waals surface area contributed by atoms with Crippen molar-refractivity contribution in [2.75, 3.05) is 78.5 Å². The number of rotatable bonds is 12. The van der Waals surface area contributed by atoms with Crippen molar-refractivity contribution in [3.8, 4) is 0 Å². The monoisotopic (exact) mass is 540 g/mol. The normalized spacial score (nSPS) is 24.2. The number of hydrogen-bond acceptors (Lipinski definition) is 6. The Labute approximate surface area is 241 Å². The first-order chi connectivity index (χ1) is 18.9. The van der Waals surface area contributed by atoms with Crippen molar-refractivity contribution in [2.45, 2.75) is 98.6 Å². The molecule has 0 saturated carbocycles. The average molecular weight is 541 g/mol. The SMILES string of the molecule is CCC(C)N1CCN(Cc2cc(CN3CCN(C(C)CC)CC3)cc(CN3CCN(C(C)CC)CC3)c2)CC1. The zero-order valence-corrected chi connectivity index (χ0v) is 26.4. The van der Waals surface area contributed by atoms with Crippen LogP contribution in [0.3, 0.4) is 0 Å². The van der Waals surface area contributed by atoms with Gasteiger partial charge in [0.05, 0.1) is 0 Å². The summed E-state index contributed by atoms with van der Waals surface area (Å²) in [6, 6.07) is 9.74. The van der Waals surface area contributed by atoms with Crippen LogP contribution in [0.5, 0.6) is 0 Å². The molecule has 4 rings (SSSR count). The van der Waals surface area contributed by atoms with Gasteiger partial charge >= 0.3 is 0 Å². The summed E-state index contributed by atoms with van der Waals surface area (Å²) in [6.45, 7) is 31.8. The largest absolute Gasteiger partial charge is 0.298 e. The summed E-state index contributed by atoms with van der Waals surface area (Å²) < 4.78 is 0. The lowest BCUT2D eigenvalue weighted by molar-refractivity contribution is 0.0940. The smallest absolute Gasteiger partial charge is 0.0235 e. The Morgan fingerprint density at radius 1 is 0.436 bits per heavy atom. The summed E-state index contributed by atoms with van der Waals surface area (Å²) in [5.41, 5.74) is 4.57. The van der Waals surface area contributed by atoms with E-state index in [0.29, 0.717) is 18.1 Å². The first-order valence-corrected chi connectivity index (χ1v) is 16.4. The molecule has 3 aliphatic rings. The highest BCUT2D eigenvalue weighted by molar-refractivity contribution is 5.30. The molecule has 3 atom stereocenters. The van der Waals surface area contributed by atoms with Gasteiger partial charge in [0, 0.05) is 116 Å². The average Bonchev–Trinajstić information content (AvgIpc) is 2.97. The minimum absolute atomic E-state index is 0.712. The molecule has 3 saturated heterocycles. The van der Waals surface area contributed by atoms with Crippen LogP contribution in [-0.4, -0.2) is 126 Å². The molecule has 3 fully saturated rings. The highest BCUT2D eigenvalue weighted by Gasteiger charge is 2.24. The van der Waals surface area contributed by atoms with E-state index in [1.54, 1.807) is 0 Å². The van der Waals surface area contributed by atoms with E-state index in [0.717, 1.165) is 19.6 Å². The van der Waals surface area contributed by atoms with Crippen LogP contribution in [-0.2, 0) is 19.6 Å². The molecule has 1 aromatic carbocycles. The van der Waals surface area contributed by atoms with Crippen LogP contribution in [0.15, 0.2) is 18.2 Å². The van der Waals surface area contributed by atoms with Crippen LogP contribution in [0.25, 0.3) is 0 Å². The van der Waals surface area contributed by atoms with Gasteiger partial charge in [-0.3, -0.25) is 29.4 Å². The van der Waals surface area contributed by atoms with Crippen molar-refractivity contribution in [2.24, 2.45) is 0 Å². The molecule has 3 unspecified atom stereocenters. The van der Waals surface area contributed by atoms with E-state index in [1.165, 1.54) is 114 Å². The van der Waals surface area contributed by atoms with Gasteiger partial charge in [-0.25, -0.2) is 0 Å². The van der Waals surface area contributed by atoms with Gasteiger partial charge in [-0.05, 0) is 56.7 Å². The lowest BCUT2D eigenvalue weighted by Gasteiger charge is -2.39. The number of hydrogen-bond donors (Lipinski definition) is 0. The first kappa shape index (κ1) is 30.9. The summed E-state index contributed by atoms with van der Waals surface area (Å²) in [5, 5.41) is 0. The maximum Gasteiger partial charge on any atom is 0.0235 e. The van der Waals surface area contributed by atoms with Crippen molar-refractivity contribution in [1.29, 1.82) is 0 Å². The van der Waals surface area contributed by atoms with Crippen LogP contribution in [0.1, 0.15) is 77.5 Å². The van der Waals surface area contributed by atoms with Gasteiger partial charge in [0.15, 0.2) is 0 Å². The third-order valence-corrected chi connectivity index (χ3v) is 10.2. The first-order valence-electron chi connectivity index (χ1n) is 16.4. The maximum absolute atomic E-state index is 2.69. The molecular weight excluding hydrogens is 480 g/mol. The maximum atomic E-state index is 2.69. The molecule has 6 nitrogen and oxygen atoms in total. The molecule has 39 heavy (non-hydrogen) atoms. The molecule has 1 aromatic rings. The Kier molecular flexibility index (Phi) is 12.1. The third-order valence-electron chi connectivity index (χ3n) is 10.2. The minimum atomic E-state index is 0.712. The van der Waals surface area contributed by atoms with Crippen LogP contribution in [0.2, 0.25) is 0 Å². The van der Waals surface area contributed by atoms with Crippen molar-refractivity contribution in [3.63, 3.8) is 0 Å². The Hall–Kier alpha value is -1.02. The molecule has 3 heterocycles. The zero-order valence-electron chi connectivity index (χ0n) is 26.4. The van der Waals surface area contributed by atoms with E-state index in [2.05, 4.69) is 89.1 Å². The number of piperazine rings is 3. The Morgan fingerprint density at radius 3 is 0.872 bits per heavy atom. The van der Waals surface area contributed by atoms with Crippen molar-refractivity contribution in [1.82, 2.24) is 29.4 Å². The van der Waals surface area contributed by atoms with Gasteiger partial charge in [0.25, 0.3) is 0 Å². The van der Waals surface area contributed by atoms with E-state index in [9.17, 15) is 0 Å². The Morgan fingerprint density at radius 2 is 0.667 bits per heavy atom. The molecule has 6 heteroatoms. The summed E-state index contributed by atoms with van der Waals surface area (Å²) in [7, 11) is 0. The quantitative estimate of drug-likeness (QED) is 0.388. The van der Waals surface area contributed by atoms with E-state index >= 15 is 0 Å². The second-order valence-electron chi connectivity index (χ2n) is 12.9. The molecule has 0 aliphatic carbocycles. The summed E-state index contributed by atoms with van der Waals surface area (Å²) in [6.07, 6.45) is 3.76. The van der Waals surface area contributed by atoms with E-state index in [-0.39, 0.29) is 0 Å². The van der Waals surface area contributed by atoms with Gasteiger partial charge in [-0.15, -0.1) is 0 Å². The third kappa shape index (κ3) is 8.98. The van der Waals surface area contributed by atoms with Gasteiger partial charge in [-0.2, -0.15) is 0 Å². The predicted molar refractivity (Wildman–Crippen MR) is 166 cm³/mol. The van der Waals surface area contributed by atoms with E-state index in [1.807, 2.05) is 0 Å². The molecule has 0 N–H and O–H groups in total. The van der Waals surface area contributed by atoms with E-state index < -0.39 is 0 Å². The highest BCUT2D eigenvalue weighted by Crippen LogP contribution is 2.20. The fourth-order valence-electron chi connectivity index (χ4n) is 6.75. The van der Waals surface area contributed by atoms with Gasteiger partial charge in [0.1, 0.15) is 0 Å². The lowest BCUT2D eigenvalue weighted by Crippen LogP contribution is -2.49. The number of nitrogens with zero attached hydrogens (tertiary/aromatic N) is 6. The number of benzene rings is 1. The van der Waals surface area contributed by atoms with Crippen molar-refractivity contribution in [3.05, 3.63) is 34.9 Å². The fraction of sp³-hybridized carbons (Fsp3) is 0.818.